The first-order chi connectivity index (χ1) is 6.83. The Morgan fingerprint density at radius 2 is 2.29 bits per heavy atom. The quantitative estimate of drug-likeness (QED) is 0.554. The Kier molecular flexibility index (Phi) is 5.29. The number of nitrogens with one attached hydrogen (secondary N) is 1. The van der Waals surface area contributed by atoms with Crippen molar-refractivity contribution in [1.29, 1.82) is 0 Å². The van der Waals surface area contributed by atoms with E-state index in [9.17, 15) is 0 Å². The molecule has 5 heteroatoms. The normalized spacial score (nSPS) is 10.1. The molecule has 0 aromatic carbocycles. The molecule has 0 saturated heterocycles. The molecule has 0 radical (unpaired) electrons. The second-order valence-corrected chi connectivity index (χ2v) is 3.00. The van der Waals surface area contributed by atoms with Gasteiger partial charge in [-0.3, -0.25) is 0 Å². The Bertz CT molecular complexity index is 271. The van der Waals surface area contributed by atoms with Crippen LogP contribution in [0.15, 0.2) is 18.2 Å². The lowest BCUT2D eigenvalue weighted by atomic mass is 10.4. The zero-order valence-electron chi connectivity index (χ0n) is 7.74. The van der Waals surface area contributed by atoms with Gasteiger partial charge in [0.2, 0.25) is 0 Å². The van der Waals surface area contributed by atoms with E-state index in [0.29, 0.717) is 24.9 Å². The second-order valence-electron chi connectivity index (χ2n) is 2.61. The molecule has 0 atom stereocenters. The van der Waals surface area contributed by atoms with E-state index >= 15 is 0 Å². The molecule has 1 rings (SSSR count). The molecule has 4 nitrogen and oxygen atoms in total. The molecule has 0 bridgehead atoms. The van der Waals surface area contributed by atoms with Gasteiger partial charge in [0.1, 0.15) is 11.0 Å². The number of rotatable bonds is 6. The van der Waals surface area contributed by atoms with Crippen LogP contribution >= 0.6 is 11.6 Å². The minimum Gasteiger partial charge on any atom is -0.394 e. The Balaban J connectivity index is 2.18. The SMILES string of the molecule is OCCOCCNc1cccc(Cl)n1. The summed E-state index contributed by atoms with van der Waals surface area (Å²) in [4.78, 5) is 4.04. The van der Waals surface area contributed by atoms with Crippen molar-refractivity contribution in [3.63, 3.8) is 0 Å². The summed E-state index contributed by atoms with van der Waals surface area (Å²) in [6, 6.07) is 5.37. The topological polar surface area (TPSA) is 54.4 Å². The minimum atomic E-state index is 0.0510. The third kappa shape index (κ3) is 4.41. The van der Waals surface area contributed by atoms with Crippen molar-refractivity contribution in [1.82, 2.24) is 4.98 Å². The minimum absolute atomic E-state index is 0.0510. The van der Waals surface area contributed by atoms with E-state index in [4.69, 9.17) is 21.4 Å². The zero-order valence-corrected chi connectivity index (χ0v) is 8.50. The summed E-state index contributed by atoms with van der Waals surface area (Å²) in [7, 11) is 0. The highest BCUT2D eigenvalue weighted by molar-refractivity contribution is 6.29. The second kappa shape index (κ2) is 6.59. The predicted molar refractivity (Wildman–Crippen MR) is 55.6 cm³/mol. The van der Waals surface area contributed by atoms with Gasteiger partial charge in [-0.15, -0.1) is 0 Å². The van der Waals surface area contributed by atoms with Crippen LogP contribution in [-0.4, -0.2) is 36.5 Å². The molecule has 0 saturated carbocycles. The van der Waals surface area contributed by atoms with Gasteiger partial charge in [-0.05, 0) is 12.1 Å². The van der Waals surface area contributed by atoms with E-state index < -0.39 is 0 Å². The van der Waals surface area contributed by atoms with Crippen molar-refractivity contribution in [3.8, 4) is 0 Å². The molecular weight excluding hydrogens is 204 g/mol. The number of hydrogen-bond acceptors (Lipinski definition) is 4. The van der Waals surface area contributed by atoms with Gasteiger partial charge in [0.25, 0.3) is 0 Å². The lowest BCUT2D eigenvalue weighted by Gasteiger charge is -2.05. The van der Waals surface area contributed by atoms with Crippen molar-refractivity contribution >= 4 is 17.4 Å². The number of ether oxygens (including phenoxy) is 1. The van der Waals surface area contributed by atoms with Crippen molar-refractivity contribution in [3.05, 3.63) is 23.4 Å². The molecule has 1 aromatic rings. The van der Waals surface area contributed by atoms with Crippen LogP contribution < -0.4 is 5.32 Å². The third-order valence-corrected chi connectivity index (χ3v) is 1.71. The standard InChI is InChI=1S/C9H13ClN2O2/c10-8-2-1-3-9(12-8)11-4-6-14-7-5-13/h1-3,13H,4-7H2,(H,11,12). The maximum atomic E-state index is 8.44. The van der Waals surface area contributed by atoms with E-state index in [1.807, 2.05) is 12.1 Å². The third-order valence-electron chi connectivity index (χ3n) is 1.50. The van der Waals surface area contributed by atoms with E-state index in [1.165, 1.54) is 0 Å². The fourth-order valence-corrected chi connectivity index (χ4v) is 1.09. The molecule has 0 aliphatic heterocycles. The summed E-state index contributed by atoms with van der Waals surface area (Å²) in [6.07, 6.45) is 0. The Labute approximate surface area is 87.9 Å². The van der Waals surface area contributed by atoms with Crippen LogP contribution in [0.5, 0.6) is 0 Å². The van der Waals surface area contributed by atoms with Gasteiger partial charge in [-0.25, -0.2) is 4.98 Å². The zero-order chi connectivity index (χ0) is 10.2. The molecule has 78 valence electrons. The summed E-state index contributed by atoms with van der Waals surface area (Å²) >= 11 is 5.69. The fraction of sp³-hybridized carbons (Fsp3) is 0.444. The maximum Gasteiger partial charge on any atom is 0.131 e. The first-order valence-corrected chi connectivity index (χ1v) is 4.76. The number of pyridine rings is 1. The summed E-state index contributed by atoms with van der Waals surface area (Å²) < 4.78 is 5.06. The number of aliphatic hydroxyl groups excluding tert-OH is 1. The van der Waals surface area contributed by atoms with Crippen LogP contribution in [0.4, 0.5) is 5.82 Å². The number of aliphatic hydroxyl groups is 1. The summed E-state index contributed by atoms with van der Waals surface area (Å²) in [5, 5.41) is 12.0. The predicted octanol–water partition coefficient (Wildman–Crippen LogP) is 1.16. The molecule has 0 amide bonds. The van der Waals surface area contributed by atoms with Crippen LogP contribution in [-0.2, 0) is 4.74 Å². The van der Waals surface area contributed by atoms with Crippen LogP contribution in [0.25, 0.3) is 0 Å². The molecular formula is C9H13ClN2O2. The van der Waals surface area contributed by atoms with E-state index in [2.05, 4.69) is 10.3 Å². The number of halogens is 1. The van der Waals surface area contributed by atoms with E-state index in [-0.39, 0.29) is 6.61 Å². The van der Waals surface area contributed by atoms with Gasteiger partial charge in [-0.2, -0.15) is 0 Å². The van der Waals surface area contributed by atoms with Crippen LogP contribution in [0.2, 0.25) is 5.15 Å². The molecule has 0 unspecified atom stereocenters. The first kappa shape index (κ1) is 11.2. The highest BCUT2D eigenvalue weighted by atomic mass is 35.5. The van der Waals surface area contributed by atoms with Gasteiger partial charge in [0, 0.05) is 6.54 Å². The molecule has 0 aliphatic rings. The van der Waals surface area contributed by atoms with Crippen molar-refractivity contribution in [2.24, 2.45) is 0 Å². The molecule has 0 fully saturated rings. The number of anilines is 1. The molecule has 0 spiro atoms. The van der Waals surface area contributed by atoms with Crippen molar-refractivity contribution in [2.75, 3.05) is 31.7 Å². The summed E-state index contributed by atoms with van der Waals surface area (Å²) in [5.74, 6) is 0.727. The number of hydrogen-bond donors (Lipinski definition) is 2. The lowest BCUT2D eigenvalue weighted by molar-refractivity contribution is 0.0992. The van der Waals surface area contributed by atoms with E-state index in [1.54, 1.807) is 6.07 Å². The fourth-order valence-electron chi connectivity index (χ4n) is 0.925. The highest BCUT2D eigenvalue weighted by Crippen LogP contribution is 2.08. The highest BCUT2D eigenvalue weighted by Gasteiger charge is 1.93. The molecule has 1 heterocycles. The smallest absolute Gasteiger partial charge is 0.131 e. The van der Waals surface area contributed by atoms with Crippen LogP contribution in [0, 0.1) is 0 Å². The van der Waals surface area contributed by atoms with Gasteiger partial charge in [0.15, 0.2) is 0 Å². The lowest BCUT2D eigenvalue weighted by Crippen LogP contribution is -2.11. The van der Waals surface area contributed by atoms with Gasteiger partial charge in [-0.1, -0.05) is 17.7 Å². The van der Waals surface area contributed by atoms with Gasteiger partial charge < -0.3 is 15.2 Å². The molecule has 2 N–H and O–H groups in total. The van der Waals surface area contributed by atoms with Crippen molar-refractivity contribution < 1.29 is 9.84 Å². The Morgan fingerprint density at radius 1 is 1.43 bits per heavy atom. The average Bonchev–Trinajstić information content (AvgIpc) is 2.18. The molecule has 0 aliphatic carbocycles. The molecule has 14 heavy (non-hydrogen) atoms. The summed E-state index contributed by atoms with van der Waals surface area (Å²) in [5.41, 5.74) is 0. The maximum absolute atomic E-state index is 8.44. The van der Waals surface area contributed by atoms with E-state index in [0.717, 1.165) is 5.82 Å². The molecule has 1 aromatic heterocycles. The van der Waals surface area contributed by atoms with Crippen molar-refractivity contribution in [2.45, 2.75) is 0 Å². The number of nitrogens with zero attached hydrogens (tertiary/aromatic N) is 1. The largest absolute Gasteiger partial charge is 0.394 e. The Morgan fingerprint density at radius 3 is 3.00 bits per heavy atom. The Hall–Kier alpha value is -0.840. The van der Waals surface area contributed by atoms with Gasteiger partial charge >= 0.3 is 0 Å². The van der Waals surface area contributed by atoms with Crippen LogP contribution in [0.3, 0.4) is 0 Å². The summed E-state index contributed by atoms with van der Waals surface area (Å²) in [6.45, 7) is 1.60. The monoisotopic (exact) mass is 216 g/mol. The van der Waals surface area contributed by atoms with Crippen LogP contribution in [0.1, 0.15) is 0 Å². The first-order valence-electron chi connectivity index (χ1n) is 4.38. The van der Waals surface area contributed by atoms with Gasteiger partial charge in [0.05, 0.1) is 19.8 Å². The number of aromatic nitrogens is 1. The average molecular weight is 217 g/mol.